The molecule has 21 heavy (non-hydrogen) atoms. The molecule has 0 saturated carbocycles. The Morgan fingerprint density at radius 3 is 2.86 bits per heavy atom. The predicted molar refractivity (Wildman–Crippen MR) is 85.7 cm³/mol. The molecule has 1 rings (SSSR count). The van der Waals surface area contributed by atoms with E-state index < -0.39 is 6.10 Å². The highest BCUT2D eigenvalue weighted by atomic mass is 16.5. The summed E-state index contributed by atoms with van der Waals surface area (Å²) < 4.78 is 10.6. The van der Waals surface area contributed by atoms with Crippen LogP contribution < -0.4 is 5.32 Å². The number of nitrogens with zero attached hydrogens (tertiary/aromatic N) is 1. The van der Waals surface area contributed by atoms with Gasteiger partial charge in [0.05, 0.1) is 25.4 Å². The van der Waals surface area contributed by atoms with Crippen molar-refractivity contribution in [1.29, 1.82) is 0 Å². The second-order valence-electron chi connectivity index (χ2n) is 6.10. The lowest BCUT2D eigenvalue weighted by Gasteiger charge is -2.37. The second kappa shape index (κ2) is 11.4. The van der Waals surface area contributed by atoms with Crippen molar-refractivity contribution in [3.05, 3.63) is 0 Å². The quantitative estimate of drug-likeness (QED) is 0.563. The SMILES string of the molecule is CCCNCC1CCCCN1CC(O)COC(C)COC. The first-order chi connectivity index (χ1) is 10.2. The topological polar surface area (TPSA) is 54.0 Å². The van der Waals surface area contributed by atoms with Crippen LogP contribution in [0.3, 0.4) is 0 Å². The first-order valence-corrected chi connectivity index (χ1v) is 8.40. The fourth-order valence-corrected chi connectivity index (χ4v) is 2.86. The Morgan fingerprint density at radius 1 is 1.33 bits per heavy atom. The lowest BCUT2D eigenvalue weighted by molar-refractivity contribution is -0.0450. The van der Waals surface area contributed by atoms with Gasteiger partial charge in [-0.2, -0.15) is 0 Å². The van der Waals surface area contributed by atoms with Gasteiger partial charge < -0.3 is 19.9 Å². The molecule has 0 bridgehead atoms. The van der Waals surface area contributed by atoms with E-state index >= 15 is 0 Å². The zero-order valence-electron chi connectivity index (χ0n) is 14.0. The van der Waals surface area contributed by atoms with E-state index in [2.05, 4.69) is 17.1 Å². The summed E-state index contributed by atoms with van der Waals surface area (Å²) >= 11 is 0. The number of likely N-dealkylation sites (tertiary alicyclic amines) is 1. The van der Waals surface area contributed by atoms with Crippen LogP contribution in [0.4, 0.5) is 0 Å². The molecule has 0 aromatic carbocycles. The van der Waals surface area contributed by atoms with Crippen molar-refractivity contribution >= 4 is 0 Å². The largest absolute Gasteiger partial charge is 0.389 e. The molecule has 5 nitrogen and oxygen atoms in total. The number of aliphatic hydroxyl groups excluding tert-OH is 1. The number of β-amino-alcohol motifs (C(OH)–C–C–N with tert-alkyl or cyclic N) is 1. The molecule has 5 heteroatoms. The van der Waals surface area contributed by atoms with Gasteiger partial charge in [-0.25, -0.2) is 0 Å². The van der Waals surface area contributed by atoms with Crippen molar-refractivity contribution in [2.24, 2.45) is 0 Å². The fraction of sp³-hybridized carbons (Fsp3) is 1.00. The van der Waals surface area contributed by atoms with Crippen molar-refractivity contribution in [2.75, 3.05) is 46.5 Å². The number of aliphatic hydroxyl groups is 1. The van der Waals surface area contributed by atoms with Gasteiger partial charge in [-0.1, -0.05) is 13.3 Å². The summed E-state index contributed by atoms with van der Waals surface area (Å²) in [6.07, 6.45) is 4.54. The van der Waals surface area contributed by atoms with Crippen LogP contribution in [0.25, 0.3) is 0 Å². The molecule has 1 fully saturated rings. The maximum absolute atomic E-state index is 10.2. The number of hydrogen-bond acceptors (Lipinski definition) is 5. The van der Waals surface area contributed by atoms with Crippen LogP contribution in [0.15, 0.2) is 0 Å². The molecular formula is C16H34N2O3. The smallest absolute Gasteiger partial charge is 0.0900 e. The van der Waals surface area contributed by atoms with Gasteiger partial charge in [0, 0.05) is 26.2 Å². The second-order valence-corrected chi connectivity index (χ2v) is 6.10. The van der Waals surface area contributed by atoms with Gasteiger partial charge in [0.2, 0.25) is 0 Å². The predicted octanol–water partition coefficient (Wildman–Crippen LogP) is 1.25. The minimum atomic E-state index is -0.420. The molecule has 0 radical (unpaired) electrons. The van der Waals surface area contributed by atoms with Crippen molar-refractivity contribution in [2.45, 2.75) is 57.8 Å². The molecule has 0 aromatic rings. The maximum Gasteiger partial charge on any atom is 0.0900 e. The Hall–Kier alpha value is -0.200. The highest BCUT2D eigenvalue weighted by molar-refractivity contribution is 4.80. The molecule has 3 atom stereocenters. The summed E-state index contributed by atoms with van der Waals surface area (Å²) in [7, 11) is 1.66. The monoisotopic (exact) mass is 302 g/mol. The normalized spacial score (nSPS) is 23.1. The van der Waals surface area contributed by atoms with E-state index in [-0.39, 0.29) is 6.10 Å². The molecule has 2 N–H and O–H groups in total. The summed E-state index contributed by atoms with van der Waals surface area (Å²) in [6.45, 7) is 9.01. The van der Waals surface area contributed by atoms with Crippen LogP contribution in [0.1, 0.15) is 39.5 Å². The summed E-state index contributed by atoms with van der Waals surface area (Å²) in [4.78, 5) is 2.42. The first-order valence-electron chi connectivity index (χ1n) is 8.40. The molecule has 126 valence electrons. The Balaban J connectivity index is 2.28. The lowest BCUT2D eigenvalue weighted by Crippen LogP contribution is -2.49. The number of ether oxygens (including phenoxy) is 2. The van der Waals surface area contributed by atoms with Crippen molar-refractivity contribution in [1.82, 2.24) is 10.2 Å². The first kappa shape index (κ1) is 18.8. The Labute approximate surface area is 130 Å². The van der Waals surface area contributed by atoms with Crippen LogP contribution in [0.5, 0.6) is 0 Å². The lowest BCUT2D eigenvalue weighted by atomic mass is 10.0. The highest BCUT2D eigenvalue weighted by Gasteiger charge is 2.24. The summed E-state index contributed by atoms with van der Waals surface area (Å²) in [5, 5.41) is 13.7. The van der Waals surface area contributed by atoms with Gasteiger partial charge >= 0.3 is 0 Å². The standard InChI is InChI=1S/C16H34N2O3/c1-4-8-17-10-15-7-5-6-9-18(15)11-16(19)13-21-14(2)12-20-3/h14-17,19H,4-13H2,1-3H3. The summed E-state index contributed by atoms with van der Waals surface area (Å²) in [6, 6.07) is 0.552. The van der Waals surface area contributed by atoms with E-state index in [4.69, 9.17) is 9.47 Å². The number of hydrogen-bond donors (Lipinski definition) is 2. The molecule has 1 aliphatic rings. The third-order valence-corrected chi connectivity index (χ3v) is 3.98. The number of piperidine rings is 1. The van der Waals surface area contributed by atoms with Crippen LogP contribution >= 0.6 is 0 Å². The molecule has 3 unspecified atom stereocenters. The molecule has 0 amide bonds. The number of methoxy groups -OCH3 is 1. The van der Waals surface area contributed by atoms with E-state index in [1.54, 1.807) is 7.11 Å². The Kier molecular flexibility index (Phi) is 10.2. The minimum Gasteiger partial charge on any atom is -0.389 e. The van der Waals surface area contributed by atoms with E-state index in [9.17, 15) is 5.11 Å². The number of nitrogens with one attached hydrogen (secondary N) is 1. The zero-order valence-corrected chi connectivity index (χ0v) is 14.0. The van der Waals surface area contributed by atoms with Gasteiger partial charge in [0.25, 0.3) is 0 Å². The molecule has 0 aliphatic carbocycles. The molecule has 0 spiro atoms. The van der Waals surface area contributed by atoms with E-state index in [1.165, 1.54) is 25.7 Å². The molecular weight excluding hydrogens is 268 g/mol. The highest BCUT2D eigenvalue weighted by Crippen LogP contribution is 2.17. The zero-order chi connectivity index (χ0) is 15.5. The minimum absolute atomic E-state index is 0.0352. The number of rotatable bonds is 11. The molecule has 1 saturated heterocycles. The van der Waals surface area contributed by atoms with Crippen LogP contribution in [-0.4, -0.2) is 74.8 Å². The average Bonchev–Trinajstić information content (AvgIpc) is 2.47. The van der Waals surface area contributed by atoms with E-state index in [0.717, 1.165) is 19.6 Å². The summed E-state index contributed by atoms with van der Waals surface area (Å²) in [5.41, 5.74) is 0. The van der Waals surface area contributed by atoms with Crippen LogP contribution in [-0.2, 0) is 9.47 Å². The van der Waals surface area contributed by atoms with Gasteiger partial charge in [-0.05, 0) is 39.3 Å². The molecule has 1 aliphatic heterocycles. The molecule has 1 heterocycles. The van der Waals surface area contributed by atoms with Crippen molar-refractivity contribution < 1.29 is 14.6 Å². The van der Waals surface area contributed by atoms with Gasteiger partial charge in [-0.15, -0.1) is 0 Å². The van der Waals surface area contributed by atoms with Crippen LogP contribution in [0, 0.1) is 0 Å². The third kappa shape index (κ3) is 8.12. The van der Waals surface area contributed by atoms with E-state index in [0.29, 0.717) is 25.8 Å². The molecule has 0 aromatic heterocycles. The van der Waals surface area contributed by atoms with Gasteiger partial charge in [0.1, 0.15) is 0 Å². The van der Waals surface area contributed by atoms with E-state index in [1.807, 2.05) is 6.92 Å². The fourth-order valence-electron chi connectivity index (χ4n) is 2.86. The Morgan fingerprint density at radius 2 is 2.14 bits per heavy atom. The van der Waals surface area contributed by atoms with Gasteiger partial charge in [-0.3, -0.25) is 4.90 Å². The van der Waals surface area contributed by atoms with Crippen LogP contribution in [0.2, 0.25) is 0 Å². The maximum atomic E-state index is 10.2. The third-order valence-electron chi connectivity index (χ3n) is 3.98. The van der Waals surface area contributed by atoms with Gasteiger partial charge in [0.15, 0.2) is 0 Å². The summed E-state index contributed by atoms with van der Waals surface area (Å²) in [5.74, 6) is 0. The Bertz CT molecular complexity index is 254. The van der Waals surface area contributed by atoms with Crippen molar-refractivity contribution in [3.8, 4) is 0 Å². The average molecular weight is 302 g/mol. The van der Waals surface area contributed by atoms with Crippen molar-refractivity contribution in [3.63, 3.8) is 0 Å².